The van der Waals surface area contributed by atoms with E-state index in [2.05, 4.69) is 199 Å². The van der Waals surface area contributed by atoms with Gasteiger partial charge in [0.05, 0.1) is 5.69 Å². The van der Waals surface area contributed by atoms with Gasteiger partial charge in [0.25, 0.3) is 0 Å². The Morgan fingerprint density at radius 3 is 2.00 bits per heavy atom. The molecule has 2 nitrogen and oxygen atoms in total. The van der Waals surface area contributed by atoms with E-state index in [1.165, 1.54) is 111 Å². The quantitative estimate of drug-likeness (QED) is 0.150. The number of benzene rings is 8. The van der Waals surface area contributed by atoms with E-state index in [0.717, 1.165) is 6.42 Å². The van der Waals surface area contributed by atoms with E-state index >= 15 is 0 Å². The number of thiophene rings is 1. The second kappa shape index (κ2) is 13.4. The maximum Gasteiger partial charge on any atom is 0.333 e. The van der Waals surface area contributed by atoms with Gasteiger partial charge in [-0.3, -0.25) is 0 Å². The molecule has 0 atom stereocenters. The Hall–Kier alpha value is -6.36. The normalized spacial score (nSPS) is 12.8. The molecule has 0 radical (unpaired) electrons. The predicted octanol–water partition coefficient (Wildman–Crippen LogP) is 13.4. The largest absolute Gasteiger partial charge is 0.376 e. The average molecular weight is 735 g/mol. The van der Waals surface area contributed by atoms with E-state index in [-0.39, 0.29) is 6.85 Å². The number of aryl methyl sites for hydroxylation is 1. The minimum atomic E-state index is -0.0551. The second-order valence-electron chi connectivity index (χ2n) is 15.1. The fourth-order valence-corrected chi connectivity index (χ4v) is 10.3. The Morgan fingerprint density at radius 2 is 1.20 bits per heavy atom. The van der Waals surface area contributed by atoms with Crippen LogP contribution in [0.2, 0.25) is 0 Å². The lowest BCUT2D eigenvalue weighted by Gasteiger charge is -2.46. The van der Waals surface area contributed by atoms with Crippen molar-refractivity contribution in [2.75, 3.05) is 9.71 Å². The molecule has 0 bridgehead atoms. The van der Waals surface area contributed by atoms with Gasteiger partial charge in [0.1, 0.15) is 0 Å². The first kappa shape index (κ1) is 33.0. The van der Waals surface area contributed by atoms with Crippen molar-refractivity contribution in [3.63, 3.8) is 0 Å². The Bertz CT molecular complexity index is 2920. The van der Waals surface area contributed by atoms with Gasteiger partial charge < -0.3 is 9.71 Å². The summed E-state index contributed by atoms with van der Waals surface area (Å²) in [6.07, 6.45) is 3.42. The van der Waals surface area contributed by atoms with Crippen molar-refractivity contribution in [2.45, 2.75) is 26.2 Å². The molecule has 3 heterocycles. The van der Waals surface area contributed by atoms with Crippen molar-refractivity contribution in [2.24, 2.45) is 0 Å². The number of nitrogens with zero attached hydrogens (tertiary/aromatic N) is 2. The van der Waals surface area contributed by atoms with Crippen LogP contribution >= 0.6 is 11.3 Å². The number of anilines is 5. The third kappa shape index (κ3) is 5.24. The molecular weight excluding hydrogens is 695 g/mol. The van der Waals surface area contributed by atoms with Crippen molar-refractivity contribution < 1.29 is 0 Å². The van der Waals surface area contributed by atoms with Crippen molar-refractivity contribution in [3.05, 3.63) is 188 Å². The molecule has 0 saturated heterocycles. The van der Waals surface area contributed by atoms with Gasteiger partial charge in [0.15, 0.2) is 0 Å². The Morgan fingerprint density at radius 1 is 0.482 bits per heavy atom. The van der Waals surface area contributed by atoms with Crippen molar-refractivity contribution in [1.29, 1.82) is 0 Å². The summed E-state index contributed by atoms with van der Waals surface area (Å²) in [6.45, 7) is 2.22. The van der Waals surface area contributed by atoms with E-state index < -0.39 is 0 Å². The third-order valence-corrected chi connectivity index (χ3v) is 12.9. The van der Waals surface area contributed by atoms with Crippen LogP contribution in [-0.4, -0.2) is 6.85 Å². The Kier molecular flexibility index (Phi) is 7.92. The summed E-state index contributed by atoms with van der Waals surface area (Å²) in [5, 5.41) is 2.64. The average Bonchev–Trinajstić information content (AvgIpc) is 3.63. The third-order valence-electron chi connectivity index (χ3n) is 11.8. The highest BCUT2D eigenvalue weighted by Crippen LogP contribution is 2.50. The standard InChI is InChI=1S/C52H39BN2S/c1-2-3-17-35-28-29-46(42(30-35)37-20-9-5-10-21-37)54-48-34-51-43(41-25-14-16-27-50(41)56-51)33-45(48)53-52-44(31-38(32-49(52)54)36-18-7-4-8-19-36)40-24-13-15-26-47(40)55(53)39-22-11-6-12-23-39/h4-16,18-34H,2-3,17H2,1H3. The molecule has 56 heavy (non-hydrogen) atoms. The lowest BCUT2D eigenvalue weighted by molar-refractivity contribution is 0.795. The molecule has 0 saturated carbocycles. The van der Waals surface area contributed by atoms with Crippen LogP contribution in [0, 0.1) is 0 Å². The lowest BCUT2D eigenvalue weighted by atomic mass is 9.43. The molecule has 0 N–H and O–H groups in total. The molecular formula is C52H39BN2S. The summed E-state index contributed by atoms with van der Waals surface area (Å²) in [5.41, 5.74) is 17.6. The number of hydrogen-bond donors (Lipinski definition) is 0. The summed E-state index contributed by atoms with van der Waals surface area (Å²) in [4.78, 5) is 5.22. The smallest absolute Gasteiger partial charge is 0.333 e. The molecule has 9 aromatic rings. The second-order valence-corrected chi connectivity index (χ2v) is 16.2. The first-order chi connectivity index (χ1) is 27.7. The van der Waals surface area contributed by atoms with Gasteiger partial charge in [-0.15, -0.1) is 11.3 Å². The highest BCUT2D eigenvalue weighted by molar-refractivity contribution is 7.26. The van der Waals surface area contributed by atoms with Gasteiger partial charge >= 0.3 is 6.85 Å². The van der Waals surface area contributed by atoms with Crippen molar-refractivity contribution in [3.8, 4) is 33.4 Å². The van der Waals surface area contributed by atoms with E-state index in [0.29, 0.717) is 0 Å². The molecule has 0 amide bonds. The van der Waals surface area contributed by atoms with Gasteiger partial charge in [0, 0.05) is 54.0 Å². The Labute approximate surface area is 333 Å². The number of hydrogen-bond acceptors (Lipinski definition) is 3. The van der Waals surface area contributed by atoms with Gasteiger partial charge in [-0.25, -0.2) is 0 Å². The topological polar surface area (TPSA) is 6.48 Å². The molecule has 11 rings (SSSR count). The van der Waals surface area contributed by atoms with E-state index in [1.807, 2.05) is 11.3 Å². The highest BCUT2D eigenvalue weighted by Gasteiger charge is 2.45. The fourth-order valence-electron chi connectivity index (χ4n) is 9.22. The molecule has 4 heteroatoms. The molecule has 1 aromatic heterocycles. The summed E-state index contributed by atoms with van der Waals surface area (Å²) < 4.78 is 2.63. The van der Waals surface area contributed by atoms with Crippen LogP contribution in [0.15, 0.2) is 182 Å². The van der Waals surface area contributed by atoms with Crippen LogP contribution in [0.1, 0.15) is 25.3 Å². The molecule has 8 aromatic carbocycles. The number of para-hydroxylation sites is 2. The van der Waals surface area contributed by atoms with Gasteiger partial charge in [-0.2, -0.15) is 0 Å². The molecule has 2 aliphatic heterocycles. The molecule has 0 spiro atoms. The van der Waals surface area contributed by atoms with Crippen molar-refractivity contribution in [1.82, 2.24) is 0 Å². The van der Waals surface area contributed by atoms with Crippen LogP contribution < -0.4 is 20.6 Å². The summed E-state index contributed by atoms with van der Waals surface area (Å²) >= 11 is 1.90. The minimum absolute atomic E-state index is 0.0551. The van der Waals surface area contributed by atoms with Gasteiger partial charge in [-0.1, -0.05) is 141 Å². The molecule has 0 fully saturated rings. The lowest BCUT2D eigenvalue weighted by Crippen LogP contribution is -2.61. The van der Waals surface area contributed by atoms with E-state index in [9.17, 15) is 0 Å². The monoisotopic (exact) mass is 734 g/mol. The highest BCUT2D eigenvalue weighted by atomic mass is 32.1. The summed E-state index contributed by atoms with van der Waals surface area (Å²) in [6, 6.07) is 68.0. The SMILES string of the molecule is CCCCc1ccc(N2c3cc4sc5ccccc5c4cc3B3c4c(cc(-c5ccccc5)cc42)-c2ccccc2N3c2ccccc2)c(-c2ccccc2)c1. The zero-order valence-corrected chi connectivity index (χ0v) is 32.1. The minimum Gasteiger partial charge on any atom is -0.376 e. The zero-order chi connectivity index (χ0) is 37.2. The number of rotatable bonds is 7. The van der Waals surface area contributed by atoms with Crippen molar-refractivity contribution >= 4 is 77.7 Å². The summed E-state index contributed by atoms with van der Waals surface area (Å²) in [7, 11) is 0. The summed E-state index contributed by atoms with van der Waals surface area (Å²) in [5.74, 6) is 0. The molecule has 0 aliphatic carbocycles. The molecule has 2 aliphatic rings. The van der Waals surface area contributed by atoms with E-state index in [1.54, 1.807) is 0 Å². The van der Waals surface area contributed by atoms with Gasteiger partial charge in [-0.05, 0) is 106 Å². The maximum absolute atomic E-state index is 2.62. The molecule has 0 unspecified atom stereocenters. The van der Waals surface area contributed by atoms with Crippen LogP contribution in [0.4, 0.5) is 28.4 Å². The first-order valence-corrected chi connectivity index (χ1v) is 20.7. The van der Waals surface area contributed by atoms with Gasteiger partial charge in [0.2, 0.25) is 0 Å². The number of unbranched alkanes of at least 4 members (excludes halogenated alkanes) is 1. The molecule has 266 valence electrons. The number of fused-ring (bicyclic) bond motifs is 7. The zero-order valence-electron chi connectivity index (χ0n) is 31.3. The predicted molar refractivity (Wildman–Crippen MR) is 243 cm³/mol. The maximum atomic E-state index is 2.62. The van der Waals surface area contributed by atoms with Crippen LogP contribution in [0.5, 0.6) is 0 Å². The van der Waals surface area contributed by atoms with E-state index in [4.69, 9.17) is 0 Å². The first-order valence-electron chi connectivity index (χ1n) is 19.9. The van der Waals surface area contributed by atoms with Crippen LogP contribution in [-0.2, 0) is 6.42 Å². The van der Waals surface area contributed by atoms with Crippen LogP contribution in [0.3, 0.4) is 0 Å². The fraction of sp³-hybridized carbons (Fsp3) is 0.0769. The van der Waals surface area contributed by atoms with Crippen LogP contribution in [0.25, 0.3) is 53.6 Å². The Balaban J connectivity index is 1.29.